The van der Waals surface area contributed by atoms with E-state index in [2.05, 4.69) is 20.3 Å². The van der Waals surface area contributed by atoms with Crippen LogP contribution in [0, 0.1) is 5.92 Å². The number of amides is 1. The third kappa shape index (κ3) is 6.76. The average molecular weight is 431 g/mol. The van der Waals surface area contributed by atoms with Crippen molar-refractivity contribution in [3.8, 4) is 11.3 Å². The fourth-order valence-electron chi connectivity index (χ4n) is 2.86. The highest BCUT2D eigenvalue weighted by atomic mass is 35.5. The molecule has 0 radical (unpaired) electrons. The Balaban J connectivity index is 0.00000261. The molecule has 0 spiro atoms. The van der Waals surface area contributed by atoms with E-state index in [9.17, 15) is 13.2 Å². The summed E-state index contributed by atoms with van der Waals surface area (Å²) in [5, 5.41) is 8.61. The monoisotopic (exact) mass is 430 g/mol. The Bertz CT molecular complexity index is 863. The molecule has 1 atom stereocenters. The molecular weight excluding hydrogens is 408 g/mol. The van der Waals surface area contributed by atoms with Gasteiger partial charge in [0.05, 0.1) is 11.9 Å². The number of anilines is 2. The second-order valence-corrected chi connectivity index (χ2v) is 9.04. The minimum absolute atomic E-state index is 0. The summed E-state index contributed by atoms with van der Waals surface area (Å²) in [5.41, 5.74) is 2.11. The van der Waals surface area contributed by atoms with E-state index in [0.29, 0.717) is 23.2 Å². The number of thiazole rings is 1. The number of sulfonamides is 1. The topological polar surface area (TPSA) is 100 Å². The van der Waals surface area contributed by atoms with Gasteiger partial charge in [-0.05, 0) is 44.0 Å². The molecule has 0 saturated carbocycles. The molecule has 2 aromatic rings. The van der Waals surface area contributed by atoms with Crippen LogP contribution in [0.25, 0.3) is 11.3 Å². The number of hydrogen-bond acceptors (Lipinski definition) is 6. The van der Waals surface area contributed by atoms with Crippen LogP contribution >= 0.6 is 23.7 Å². The first kappa shape index (κ1) is 21.6. The SMILES string of the molecule is CS(=O)(=O)Nc1ccc(-c2csc(NC(=O)CCC3CCNC3)n2)cc1.Cl. The lowest BCUT2D eigenvalue weighted by atomic mass is 10.0. The molecule has 1 fully saturated rings. The number of halogens is 1. The lowest BCUT2D eigenvalue weighted by molar-refractivity contribution is -0.116. The van der Waals surface area contributed by atoms with Gasteiger partial charge in [-0.15, -0.1) is 23.7 Å². The van der Waals surface area contributed by atoms with Crippen LogP contribution < -0.4 is 15.4 Å². The number of aromatic nitrogens is 1. The molecule has 27 heavy (non-hydrogen) atoms. The van der Waals surface area contributed by atoms with Crippen LogP contribution in [0.4, 0.5) is 10.8 Å². The molecule has 7 nitrogen and oxygen atoms in total. The number of benzene rings is 1. The van der Waals surface area contributed by atoms with Crippen LogP contribution in [0.15, 0.2) is 29.6 Å². The van der Waals surface area contributed by atoms with Gasteiger partial charge in [0.2, 0.25) is 15.9 Å². The predicted octanol–water partition coefficient (Wildman–Crippen LogP) is 2.93. The molecule has 3 N–H and O–H groups in total. The van der Waals surface area contributed by atoms with Crippen molar-refractivity contribution in [1.82, 2.24) is 10.3 Å². The molecule has 148 valence electrons. The Morgan fingerprint density at radius 1 is 1.33 bits per heavy atom. The fraction of sp³-hybridized carbons (Fsp3) is 0.412. The zero-order valence-electron chi connectivity index (χ0n) is 14.9. The number of rotatable bonds is 7. The average Bonchev–Trinajstić information content (AvgIpc) is 3.24. The van der Waals surface area contributed by atoms with E-state index >= 15 is 0 Å². The standard InChI is InChI=1S/C17H22N4O3S2.ClH/c1-26(23,24)21-14-5-3-13(4-6-14)15-11-25-17(19-15)20-16(22)7-2-12-8-9-18-10-12;/h3-6,11-12,18,21H,2,7-10H2,1H3,(H,19,20,22);1H. The van der Waals surface area contributed by atoms with Crippen LogP contribution in [0.2, 0.25) is 0 Å². The molecule has 3 rings (SSSR count). The van der Waals surface area contributed by atoms with E-state index in [1.54, 1.807) is 24.3 Å². The van der Waals surface area contributed by atoms with Crippen LogP contribution in [0.5, 0.6) is 0 Å². The van der Waals surface area contributed by atoms with E-state index in [-0.39, 0.29) is 18.3 Å². The van der Waals surface area contributed by atoms with Crippen LogP contribution in [0.1, 0.15) is 19.3 Å². The zero-order chi connectivity index (χ0) is 18.6. The van der Waals surface area contributed by atoms with Crippen molar-refractivity contribution in [2.75, 3.05) is 29.4 Å². The molecule has 1 unspecified atom stereocenters. The summed E-state index contributed by atoms with van der Waals surface area (Å²) in [7, 11) is -3.29. The lowest BCUT2D eigenvalue weighted by Crippen LogP contribution is -2.14. The molecule has 10 heteroatoms. The van der Waals surface area contributed by atoms with Crippen LogP contribution in [-0.2, 0) is 14.8 Å². The molecule has 1 saturated heterocycles. The van der Waals surface area contributed by atoms with Crippen molar-refractivity contribution in [2.24, 2.45) is 5.92 Å². The molecule has 0 aliphatic carbocycles. The smallest absolute Gasteiger partial charge is 0.229 e. The third-order valence-electron chi connectivity index (χ3n) is 4.18. The van der Waals surface area contributed by atoms with Crippen LogP contribution in [0.3, 0.4) is 0 Å². The Morgan fingerprint density at radius 2 is 2.07 bits per heavy atom. The maximum Gasteiger partial charge on any atom is 0.229 e. The first-order chi connectivity index (χ1) is 12.4. The maximum absolute atomic E-state index is 12.1. The van der Waals surface area contributed by atoms with Gasteiger partial charge >= 0.3 is 0 Å². The van der Waals surface area contributed by atoms with Gasteiger partial charge in [-0.25, -0.2) is 13.4 Å². The first-order valence-corrected chi connectivity index (χ1v) is 11.2. The number of nitrogens with zero attached hydrogens (tertiary/aromatic N) is 1. The molecule has 1 aliphatic heterocycles. The van der Waals surface area contributed by atoms with E-state index in [4.69, 9.17) is 0 Å². The largest absolute Gasteiger partial charge is 0.316 e. The van der Waals surface area contributed by atoms with E-state index in [1.165, 1.54) is 11.3 Å². The zero-order valence-corrected chi connectivity index (χ0v) is 17.3. The maximum atomic E-state index is 12.1. The van der Waals surface area contributed by atoms with Gasteiger partial charge in [-0.3, -0.25) is 9.52 Å². The predicted molar refractivity (Wildman–Crippen MR) is 112 cm³/mol. The van der Waals surface area contributed by atoms with Crippen molar-refractivity contribution in [3.63, 3.8) is 0 Å². The first-order valence-electron chi connectivity index (χ1n) is 8.43. The third-order valence-corrected chi connectivity index (χ3v) is 5.54. The highest BCUT2D eigenvalue weighted by molar-refractivity contribution is 7.92. The minimum Gasteiger partial charge on any atom is -0.316 e. The van der Waals surface area contributed by atoms with Gasteiger partial charge in [-0.1, -0.05) is 12.1 Å². The second-order valence-electron chi connectivity index (χ2n) is 6.44. The Labute approximate surface area is 169 Å². The van der Waals surface area contributed by atoms with E-state index in [0.717, 1.165) is 43.4 Å². The Morgan fingerprint density at radius 3 is 2.70 bits per heavy atom. The number of hydrogen-bond donors (Lipinski definition) is 3. The van der Waals surface area contributed by atoms with Crippen molar-refractivity contribution in [3.05, 3.63) is 29.6 Å². The number of nitrogens with one attached hydrogen (secondary N) is 3. The van der Waals surface area contributed by atoms with Gasteiger partial charge in [0.1, 0.15) is 0 Å². The van der Waals surface area contributed by atoms with Crippen molar-refractivity contribution >= 4 is 50.5 Å². The molecule has 1 aliphatic rings. The van der Waals surface area contributed by atoms with Crippen molar-refractivity contribution in [1.29, 1.82) is 0 Å². The lowest BCUT2D eigenvalue weighted by Gasteiger charge is -2.07. The van der Waals surface area contributed by atoms with Gasteiger partial charge in [0.25, 0.3) is 0 Å². The number of carbonyl (C=O) groups is 1. The Hall–Kier alpha value is -1.68. The van der Waals surface area contributed by atoms with Crippen LogP contribution in [-0.4, -0.2) is 38.7 Å². The molecule has 2 heterocycles. The second kappa shape index (κ2) is 9.50. The van der Waals surface area contributed by atoms with Gasteiger partial charge in [0, 0.05) is 23.1 Å². The highest BCUT2D eigenvalue weighted by Crippen LogP contribution is 2.26. The summed E-state index contributed by atoms with van der Waals surface area (Å²) in [4.78, 5) is 16.5. The molecule has 1 amide bonds. The molecular formula is C17H23ClN4O3S2. The van der Waals surface area contributed by atoms with Gasteiger partial charge < -0.3 is 10.6 Å². The summed E-state index contributed by atoms with van der Waals surface area (Å²) in [6, 6.07) is 6.95. The highest BCUT2D eigenvalue weighted by Gasteiger charge is 2.16. The van der Waals surface area contributed by atoms with Gasteiger partial charge in [-0.2, -0.15) is 0 Å². The van der Waals surface area contributed by atoms with Gasteiger partial charge in [0.15, 0.2) is 5.13 Å². The van der Waals surface area contributed by atoms with Crippen molar-refractivity contribution in [2.45, 2.75) is 19.3 Å². The summed E-state index contributed by atoms with van der Waals surface area (Å²) in [6.07, 6.45) is 3.65. The normalized spacial score (nSPS) is 16.6. The molecule has 1 aromatic carbocycles. The summed E-state index contributed by atoms with van der Waals surface area (Å²) in [5.74, 6) is 0.581. The summed E-state index contributed by atoms with van der Waals surface area (Å²) >= 11 is 1.38. The summed E-state index contributed by atoms with van der Waals surface area (Å²) in [6.45, 7) is 2.04. The minimum atomic E-state index is -3.29. The number of carbonyl (C=O) groups excluding carboxylic acids is 1. The molecule has 0 bridgehead atoms. The van der Waals surface area contributed by atoms with E-state index in [1.807, 2.05) is 5.38 Å². The molecule has 1 aromatic heterocycles. The summed E-state index contributed by atoms with van der Waals surface area (Å²) < 4.78 is 24.9. The van der Waals surface area contributed by atoms with Crippen molar-refractivity contribution < 1.29 is 13.2 Å². The Kier molecular flexibility index (Phi) is 7.60. The van der Waals surface area contributed by atoms with E-state index < -0.39 is 10.0 Å². The quantitative estimate of drug-likeness (QED) is 0.627. The fourth-order valence-corrected chi connectivity index (χ4v) is 4.16.